The molecule has 3 heteroatoms. The molecule has 0 heterocycles. The Balaban J connectivity index is 2.86. The second-order valence-corrected chi connectivity index (χ2v) is 2.40. The maximum Gasteiger partial charge on any atom is 0.293 e. The zero-order valence-electron chi connectivity index (χ0n) is 6.66. The van der Waals surface area contributed by atoms with E-state index in [1.165, 1.54) is 6.07 Å². The minimum absolute atomic E-state index is 0.317. The van der Waals surface area contributed by atoms with Crippen LogP contribution in [0, 0.1) is 5.82 Å². The van der Waals surface area contributed by atoms with Crippen molar-refractivity contribution in [2.75, 3.05) is 0 Å². The molecule has 1 aromatic carbocycles. The van der Waals surface area contributed by atoms with Crippen molar-refractivity contribution in [3.8, 4) is 0 Å². The van der Waals surface area contributed by atoms with Crippen LogP contribution in [-0.4, -0.2) is 6.47 Å². The molecule has 0 N–H and O–H groups in total. The maximum absolute atomic E-state index is 13.0. The smallest absolute Gasteiger partial charge is 0.293 e. The molecule has 0 saturated heterocycles. The Morgan fingerprint density at radius 1 is 1.50 bits per heavy atom. The lowest BCUT2D eigenvalue weighted by atomic mass is 10.1. The molecular weight excluding hydrogens is 159 g/mol. The molecule has 2 nitrogen and oxygen atoms in total. The van der Waals surface area contributed by atoms with Crippen LogP contribution in [0.15, 0.2) is 24.3 Å². The molecule has 0 aliphatic carbocycles. The van der Waals surface area contributed by atoms with Crippen LogP contribution in [-0.2, 0) is 9.53 Å². The largest absolute Gasteiger partial charge is 0.460 e. The summed E-state index contributed by atoms with van der Waals surface area (Å²) in [6, 6.07) is 6.21. The first-order valence-corrected chi connectivity index (χ1v) is 3.59. The fraction of sp³-hybridized carbons (Fsp3) is 0.222. The molecule has 0 aliphatic heterocycles. The third-order valence-corrected chi connectivity index (χ3v) is 1.60. The van der Waals surface area contributed by atoms with Gasteiger partial charge >= 0.3 is 0 Å². The molecule has 0 amide bonds. The average Bonchev–Trinajstić information content (AvgIpc) is 2.05. The van der Waals surface area contributed by atoms with Crippen LogP contribution in [0.5, 0.6) is 0 Å². The molecule has 0 radical (unpaired) electrons. The fourth-order valence-electron chi connectivity index (χ4n) is 0.961. The van der Waals surface area contributed by atoms with Crippen LogP contribution >= 0.6 is 0 Å². The van der Waals surface area contributed by atoms with Crippen molar-refractivity contribution in [1.29, 1.82) is 0 Å². The van der Waals surface area contributed by atoms with E-state index in [0.717, 1.165) is 0 Å². The second-order valence-electron chi connectivity index (χ2n) is 2.40. The van der Waals surface area contributed by atoms with E-state index >= 15 is 0 Å². The number of halogens is 1. The molecule has 12 heavy (non-hydrogen) atoms. The third-order valence-electron chi connectivity index (χ3n) is 1.60. The summed E-state index contributed by atoms with van der Waals surface area (Å²) >= 11 is 0. The number of hydrogen-bond donors (Lipinski definition) is 0. The molecular formula is C9H9FO2. The lowest BCUT2D eigenvalue weighted by molar-refractivity contribution is -0.133. The van der Waals surface area contributed by atoms with Crippen LogP contribution in [0.2, 0.25) is 0 Å². The van der Waals surface area contributed by atoms with Gasteiger partial charge in [0.05, 0.1) is 0 Å². The average molecular weight is 168 g/mol. The van der Waals surface area contributed by atoms with Crippen molar-refractivity contribution in [1.82, 2.24) is 0 Å². The van der Waals surface area contributed by atoms with Gasteiger partial charge in [-0.05, 0) is 13.0 Å². The highest BCUT2D eigenvalue weighted by Crippen LogP contribution is 2.18. The first-order valence-electron chi connectivity index (χ1n) is 3.59. The second kappa shape index (κ2) is 3.85. The molecule has 0 aromatic heterocycles. The van der Waals surface area contributed by atoms with Gasteiger partial charge in [0.15, 0.2) is 0 Å². The SMILES string of the molecule is CC(OC=O)c1ccccc1F. The number of hydrogen-bond acceptors (Lipinski definition) is 2. The van der Waals surface area contributed by atoms with Gasteiger partial charge in [-0.3, -0.25) is 4.79 Å². The predicted octanol–water partition coefficient (Wildman–Crippen LogP) is 2.06. The summed E-state index contributed by atoms with van der Waals surface area (Å²) in [5, 5.41) is 0. The normalized spacial score (nSPS) is 12.2. The van der Waals surface area contributed by atoms with Gasteiger partial charge in [-0.2, -0.15) is 0 Å². The van der Waals surface area contributed by atoms with Gasteiger partial charge in [-0.15, -0.1) is 0 Å². The Labute approximate surface area is 70.0 Å². The summed E-state index contributed by atoms with van der Waals surface area (Å²) in [6.07, 6.45) is -0.524. The Bertz CT molecular complexity index is 273. The van der Waals surface area contributed by atoms with Gasteiger partial charge < -0.3 is 4.74 Å². The van der Waals surface area contributed by atoms with E-state index in [1.54, 1.807) is 25.1 Å². The molecule has 1 aromatic rings. The quantitative estimate of drug-likeness (QED) is 0.646. The summed E-state index contributed by atoms with van der Waals surface area (Å²) in [6.45, 7) is 1.93. The summed E-state index contributed by atoms with van der Waals surface area (Å²) in [7, 11) is 0. The molecule has 1 unspecified atom stereocenters. The molecule has 0 saturated carbocycles. The van der Waals surface area contributed by atoms with Crippen LogP contribution in [0.1, 0.15) is 18.6 Å². The third kappa shape index (κ3) is 1.81. The van der Waals surface area contributed by atoms with Crippen molar-refractivity contribution >= 4 is 6.47 Å². The predicted molar refractivity (Wildman–Crippen MR) is 42.0 cm³/mol. The minimum atomic E-state index is -0.524. The summed E-state index contributed by atoms with van der Waals surface area (Å²) in [5.74, 6) is -0.355. The van der Waals surface area contributed by atoms with Crippen LogP contribution in [0.3, 0.4) is 0 Å². The van der Waals surface area contributed by atoms with E-state index in [1.807, 2.05) is 0 Å². The Hall–Kier alpha value is -1.38. The highest BCUT2D eigenvalue weighted by atomic mass is 19.1. The van der Waals surface area contributed by atoms with Gasteiger partial charge in [-0.1, -0.05) is 18.2 Å². The fourth-order valence-corrected chi connectivity index (χ4v) is 0.961. The van der Waals surface area contributed by atoms with Crippen molar-refractivity contribution in [3.05, 3.63) is 35.6 Å². The summed E-state index contributed by atoms with van der Waals surface area (Å²) in [5.41, 5.74) is 0.393. The van der Waals surface area contributed by atoms with Gasteiger partial charge in [0.1, 0.15) is 11.9 Å². The zero-order valence-corrected chi connectivity index (χ0v) is 6.66. The van der Waals surface area contributed by atoms with Crippen LogP contribution in [0.25, 0.3) is 0 Å². The first kappa shape index (κ1) is 8.71. The number of carbonyl (C=O) groups is 1. The zero-order chi connectivity index (χ0) is 8.97. The van der Waals surface area contributed by atoms with Crippen LogP contribution in [0.4, 0.5) is 4.39 Å². The molecule has 0 bridgehead atoms. The number of rotatable bonds is 3. The lowest BCUT2D eigenvalue weighted by Crippen LogP contribution is -2.00. The van der Waals surface area contributed by atoms with Crippen molar-refractivity contribution < 1.29 is 13.9 Å². The standard InChI is InChI=1S/C9H9FO2/c1-7(12-6-11)8-4-2-3-5-9(8)10/h2-7H,1H3. The monoisotopic (exact) mass is 168 g/mol. The van der Waals surface area contributed by atoms with Gasteiger partial charge in [0.25, 0.3) is 6.47 Å². The Morgan fingerprint density at radius 2 is 2.17 bits per heavy atom. The van der Waals surface area contributed by atoms with Crippen LogP contribution < -0.4 is 0 Å². The first-order chi connectivity index (χ1) is 5.75. The Morgan fingerprint density at radius 3 is 2.75 bits per heavy atom. The number of carbonyl (C=O) groups excluding carboxylic acids is 1. The van der Waals surface area contributed by atoms with Crippen molar-refractivity contribution in [2.24, 2.45) is 0 Å². The van der Waals surface area contributed by atoms with E-state index in [2.05, 4.69) is 4.74 Å². The van der Waals surface area contributed by atoms with E-state index in [0.29, 0.717) is 12.0 Å². The van der Waals surface area contributed by atoms with E-state index in [4.69, 9.17) is 0 Å². The topological polar surface area (TPSA) is 26.3 Å². The molecule has 0 aliphatic rings. The maximum atomic E-state index is 13.0. The van der Waals surface area contributed by atoms with Crippen molar-refractivity contribution in [3.63, 3.8) is 0 Å². The van der Waals surface area contributed by atoms with Gasteiger partial charge in [-0.25, -0.2) is 4.39 Å². The van der Waals surface area contributed by atoms with Gasteiger partial charge in [0.2, 0.25) is 0 Å². The van der Waals surface area contributed by atoms with Gasteiger partial charge in [0, 0.05) is 5.56 Å². The summed E-state index contributed by atoms with van der Waals surface area (Å²) < 4.78 is 17.6. The molecule has 64 valence electrons. The number of benzene rings is 1. The summed E-state index contributed by atoms with van der Waals surface area (Å²) in [4.78, 5) is 9.96. The van der Waals surface area contributed by atoms with Crippen molar-refractivity contribution in [2.45, 2.75) is 13.0 Å². The highest BCUT2D eigenvalue weighted by molar-refractivity contribution is 5.38. The van der Waals surface area contributed by atoms with E-state index in [9.17, 15) is 9.18 Å². The molecule has 0 spiro atoms. The minimum Gasteiger partial charge on any atom is -0.460 e. The molecule has 1 rings (SSSR count). The van der Waals surface area contributed by atoms with E-state index < -0.39 is 6.10 Å². The number of ether oxygens (including phenoxy) is 1. The Kier molecular flexibility index (Phi) is 2.80. The molecule has 0 fully saturated rings. The highest BCUT2D eigenvalue weighted by Gasteiger charge is 2.09. The lowest BCUT2D eigenvalue weighted by Gasteiger charge is -2.09. The van der Waals surface area contributed by atoms with E-state index in [-0.39, 0.29) is 5.82 Å². The molecule has 1 atom stereocenters.